The first-order chi connectivity index (χ1) is 3.95. The molecular weight excluding hydrogens is 166 g/mol. The van der Waals surface area contributed by atoms with Gasteiger partial charge < -0.3 is 0 Å². The second-order valence-electron chi connectivity index (χ2n) is 1.19. The molecule has 0 atom stereocenters. The normalized spacial score (nSPS) is 8.91. The average molecular weight is 170 g/mol. The molecule has 0 heterocycles. The molecule has 0 spiro atoms. The maximum absolute atomic E-state index is 9.82. The quantitative estimate of drug-likeness (QED) is 0.218. The summed E-state index contributed by atoms with van der Waals surface area (Å²) in [5, 5.41) is 7.47. The molecule has 0 fully saturated rings. The van der Waals surface area contributed by atoms with Gasteiger partial charge in [-0.05, 0) is 0 Å². The smallest absolute Gasteiger partial charge is 0.300 e. The number of hydrogen-bond donors (Lipinski definition) is 2. The Balaban J connectivity index is -0.000000320. The Morgan fingerprint density at radius 2 is 1.73 bits per heavy atom. The molecule has 0 aliphatic rings. The van der Waals surface area contributed by atoms with E-state index in [-0.39, 0.29) is 37.7 Å². The SMILES string of the molecule is O=C(CS(=O)(=O)O)OO.[Li].[Li]. The minimum atomic E-state index is -4.37. The summed E-state index contributed by atoms with van der Waals surface area (Å²) in [7, 11) is -4.37. The predicted octanol–water partition coefficient (Wildman–Crippen LogP) is -1.87. The van der Waals surface area contributed by atoms with E-state index in [9.17, 15) is 13.2 Å². The van der Waals surface area contributed by atoms with Gasteiger partial charge in [-0.3, -0.25) is 9.44 Å². The van der Waals surface area contributed by atoms with E-state index in [1.807, 2.05) is 0 Å². The Hall–Kier alpha value is 0.535. The van der Waals surface area contributed by atoms with Gasteiger partial charge in [0.05, 0.1) is 0 Å². The Morgan fingerprint density at radius 1 is 1.36 bits per heavy atom. The molecule has 0 saturated heterocycles. The first-order valence-corrected chi connectivity index (χ1v) is 3.36. The Labute approximate surface area is 87.3 Å². The molecule has 0 aliphatic heterocycles. The van der Waals surface area contributed by atoms with Gasteiger partial charge in [0, 0.05) is 37.7 Å². The molecule has 0 bridgehead atoms. The third kappa shape index (κ3) is 13.5. The summed E-state index contributed by atoms with van der Waals surface area (Å²) in [6.07, 6.45) is 0. The van der Waals surface area contributed by atoms with Crippen LogP contribution in [0.4, 0.5) is 0 Å². The largest absolute Gasteiger partial charge is 0.359 e. The van der Waals surface area contributed by atoms with E-state index >= 15 is 0 Å². The zero-order valence-electron chi connectivity index (χ0n) is 6.14. The van der Waals surface area contributed by atoms with Crippen LogP contribution in [0.5, 0.6) is 0 Å². The molecule has 0 aromatic carbocycles. The van der Waals surface area contributed by atoms with Crippen molar-refractivity contribution in [2.24, 2.45) is 0 Å². The van der Waals surface area contributed by atoms with E-state index in [1.165, 1.54) is 0 Å². The second-order valence-corrected chi connectivity index (χ2v) is 2.64. The van der Waals surface area contributed by atoms with Crippen LogP contribution in [0.2, 0.25) is 0 Å². The molecule has 0 saturated carbocycles. The Morgan fingerprint density at radius 3 is 1.82 bits per heavy atom. The third-order valence-electron chi connectivity index (χ3n) is 0.402. The Bertz CT molecular complexity index is 197. The van der Waals surface area contributed by atoms with Gasteiger partial charge in [0.2, 0.25) is 0 Å². The van der Waals surface area contributed by atoms with Crippen LogP contribution in [-0.2, 0) is 19.8 Å². The molecule has 56 valence electrons. The van der Waals surface area contributed by atoms with Gasteiger partial charge in [-0.1, -0.05) is 0 Å². The van der Waals surface area contributed by atoms with Gasteiger partial charge in [0.15, 0.2) is 5.75 Å². The van der Waals surface area contributed by atoms with Crippen molar-refractivity contribution in [1.29, 1.82) is 0 Å². The van der Waals surface area contributed by atoms with Crippen molar-refractivity contribution in [2.45, 2.75) is 0 Å². The molecule has 11 heavy (non-hydrogen) atoms. The summed E-state index contributed by atoms with van der Waals surface area (Å²) in [6, 6.07) is 0. The van der Waals surface area contributed by atoms with E-state index in [4.69, 9.17) is 9.81 Å². The summed E-state index contributed by atoms with van der Waals surface area (Å²) in [6.45, 7) is 0. The van der Waals surface area contributed by atoms with Gasteiger partial charge in [0.1, 0.15) is 0 Å². The summed E-state index contributed by atoms with van der Waals surface area (Å²) >= 11 is 0. The van der Waals surface area contributed by atoms with Crippen LogP contribution in [0.3, 0.4) is 0 Å². The number of rotatable bonds is 2. The number of carbonyl (C=O) groups excluding carboxylic acids is 1. The maximum atomic E-state index is 9.82. The number of carbonyl (C=O) groups is 1. The molecular formula is C2H4Li2O6S. The van der Waals surface area contributed by atoms with Crippen LogP contribution in [0.1, 0.15) is 0 Å². The van der Waals surface area contributed by atoms with Crippen LogP contribution in [0, 0.1) is 0 Å². The maximum Gasteiger partial charge on any atom is 0.359 e. The fraction of sp³-hybridized carbons (Fsp3) is 0.500. The van der Waals surface area contributed by atoms with Crippen LogP contribution < -0.4 is 0 Å². The summed E-state index contributed by atoms with van der Waals surface area (Å²) in [4.78, 5) is 12.8. The molecule has 0 aliphatic carbocycles. The van der Waals surface area contributed by atoms with Crippen molar-refractivity contribution >= 4 is 53.8 Å². The van der Waals surface area contributed by atoms with Crippen LogP contribution in [-0.4, -0.2) is 67.7 Å². The zero-order chi connectivity index (χ0) is 7.49. The van der Waals surface area contributed by atoms with Crippen molar-refractivity contribution in [2.75, 3.05) is 5.75 Å². The summed E-state index contributed by atoms with van der Waals surface area (Å²) in [5.74, 6) is -2.65. The molecule has 0 amide bonds. The third-order valence-corrected chi connectivity index (χ3v) is 1.00. The van der Waals surface area contributed by atoms with Gasteiger partial charge in [0.25, 0.3) is 10.1 Å². The van der Waals surface area contributed by atoms with Crippen molar-refractivity contribution in [3.8, 4) is 0 Å². The minimum absolute atomic E-state index is 0. The topological polar surface area (TPSA) is 101 Å². The van der Waals surface area contributed by atoms with E-state index in [0.717, 1.165) is 0 Å². The zero-order valence-corrected chi connectivity index (χ0v) is 6.96. The van der Waals surface area contributed by atoms with Crippen molar-refractivity contribution in [1.82, 2.24) is 0 Å². The van der Waals surface area contributed by atoms with Crippen molar-refractivity contribution < 1.29 is 27.9 Å². The molecule has 2 radical (unpaired) electrons. The fourth-order valence-corrected chi connectivity index (χ4v) is 0.526. The Kier molecular flexibility index (Phi) is 11.5. The standard InChI is InChI=1S/C2H4O6S.2Li/c3-2(8-4)1-9(5,6)7;;/h4H,1H2,(H,5,6,7);;. The minimum Gasteiger partial charge on any atom is -0.300 e. The van der Waals surface area contributed by atoms with Crippen LogP contribution in [0.25, 0.3) is 0 Å². The first kappa shape index (κ1) is 17.6. The van der Waals surface area contributed by atoms with Gasteiger partial charge in [-0.2, -0.15) is 13.7 Å². The van der Waals surface area contributed by atoms with E-state index in [1.54, 1.807) is 0 Å². The van der Waals surface area contributed by atoms with Crippen molar-refractivity contribution in [3.05, 3.63) is 0 Å². The van der Waals surface area contributed by atoms with Gasteiger partial charge >= 0.3 is 5.97 Å². The first-order valence-electron chi connectivity index (χ1n) is 1.75. The van der Waals surface area contributed by atoms with E-state index < -0.39 is 21.8 Å². The molecule has 0 aromatic heterocycles. The van der Waals surface area contributed by atoms with Crippen LogP contribution in [0.15, 0.2) is 0 Å². The molecule has 0 aromatic rings. The molecule has 6 nitrogen and oxygen atoms in total. The monoisotopic (exact) mass is 170 g/mol. The summed E-state index contributed by atoms with van der Waals surface area (Å²) in [5.41, 5.74) is 0. The second kappa shape index (κ2) is 7.20. The molecule has 0 unspecified atom stereocenters. The predicted molar refractivity (Wildman–Crippen MR) is 36.6 cm³/mol. The average Bonchev–Trinajstić information content (AvgIpc) is 1.62. The molecule has 2 N–H and O–H groups in total. The number of hydrogen-bond acceptors (Lipinski definition) is 5. The molecule has 0 rings (SSSR count). The van der Waals surface area contributed by atoms with E-state index in [0.29, 0.717) is 0 Å². The summed E-state index contributed by atoms with van der Waals surface area (Å²) < 4.78 is 27.4. The fourth-order valence-electron chi connectivity index (χ4n) is 0.175. The van der Waals surface area contributed by atoms with Crippen LogP contribution >= 0.6 is 0 Å². The molecule has 9 heteroatoms. The van der Waals surface area contributed by atoms with Gasteiger partial charge in [-0.25, -0.2) is 4.79 Å². The van der Waals surface area contributed by atoms with E-state index in [2.05, 4.69) is 4.89 Å². The van der Waals surface area contributed by atoms with Gasteiger partial charge in [-0.15, -0.1) is 0 Å². The van der Waals surface area contributed by atoms with Crippen molar-refractivity contribution in [3.63, 3.8) is 0 Å².